The van der Waals surface area contributed by atoms with Gasteiger partial charge in [-0.2, -0.15) is 0 Å². The summed E-state index contributed by atoms with van der Waals surface area (Å²) in [5.74, 6) is -0.681. The van der Waals surface area contributed by atoms with Gasteiger partial charge in [0.2, 0.25) is 11.8 Å². The lowest BCUT2D eigenvalue weighted by Gasteiger charge is -2.34. The summed E-state index contributed by atoms with van der Waals surface area (Å²) in [6.07, 6.45) is 6.49. The Morgan fingerprint density at radius 1 is 1.16 bits per heavy atom. The summed E-state index contributed by atoms with van der Waals surface area (Å²) in [5.41, 5.74) is 8.21. The Hall–Kier alpha value is -2.29. The number of methoxy groups -OCH3 is 1. The van der Waals surface area contributed by atoms with Crippen LogP contribution in [0.1, 0.15) is 85.2 Å². The molecule has 1 saturated carbocycles. The van der Waals surface area contributed by atoms with E-state index in [0.717, 1.165) is 70.1 Å². The number of piperidine rings is 1. The minimum Gasteiger partial charge on any atom is -0.377 e. The molecule has 37 heavy (non-hydrogen) atoms. The second kappa shape index (κ2) is 11.2. The quantitative estimate of drug-likeness (QED) is 0.576. The first-order chi connectivity index (χ1) is 17.9. The molecule has 0 unspecified atom stereocenters. The lowest BCUT2D eigenvalue weighted by atomic mass is 9.78. The van der Waals surface area contributed by atoms with Crippen LogP contribution in [0.5, 0.6) is 0 Å². The summed E-state index contributed by atoms with van der Waals surface area (Å²) < 4.78 is 11.3. The number of hydrogen-bond acceptors (Lipinski definition) is 6. The highest BCUT2D eigenvalue weighted by atomic mass is 16.5. The van der Waals surface area contributed by atoms with Crippen LogP contribution in [0.15, 0.2) is 18.2 Å². The van der Waals surface area contributed by atoms with Crippen LogP contribution in [0.4, 0.5) is 0 Å². The normalized spacial score (nSPS) is 28.1. The van der Waals surface area contributed by atoms with E-state index >= 15 is 0 Å². The number of likely N-dealkylation sites (tertiary alicyclic amines) is 2. The van der Waals surface area contributed by atoms with E-state index in [1.54, 1.807) is 12.0 Å². The topological polar surface area (TPSA) is 102 Å². The lowest BCUT2D eigenvalue weighted by molar-refractivity contribution is -0.139. The van der Waals surface area contributed by atoms with Crippen LogP contribution in [0.3, 0.4) is 0 Å². The van der Waals surface area contributed by atoms with E-state index < -0.39 is 24.0 Å². The molecule has 202 valence electrons. The van der Waals surface area contributed by atoms with E-state index in [0.29, 0.717) is 18.0 Å². The summed E-state index contributed by atoms with van der Waals surface area (Å²) in [6.45, 7) is 5.79. The van der Waals surface area contributed by atoms with Crippen molar-refractivity contribution in [3.63, 3.8) is 0 Å². The fraction of sp³-hybridized carbons (Fsp3) is 0.690. The predicted octanol–water partition coefficient (Wildman–Crippen LogP) is 2.84. The third-order valence-electron chi connectivity index (χ3n) is 9.14. The maximum Gasteiger partial charge on any atom is 0.249 e. The molecule has 1 aliphatic carbocycles. The van der Waals surface area contributed by atoms with Gasteiger partial charge in [0.25, 0.3) is 0 Å². The molecule has 4 fully saturated rings. The highest BCUT2D eigenvalue weighted by molar-refractivity contribution is 5.99. The Morgan fingerprint density at radius 3 is 2.54 bits per heavy atom. The van der Waals surface area contributed by atoms with E-state index in [1.807, 2.05) is 12.1 Å². The van der Waals surface area contributed by atoms with E-state index in [2.05, 4.69) is 17.9 Å². The van der Waals surface area contributed by atoms with E-state index in [9.17, 15) is 14.4 Å². The van der Waals surface area contributed by atoms with E-state index in [4.69, 9.17) is 15.2 Å². The largest absolute Gasteiger partial charge is 0.377 e. The Bertz CT molecular complexity index is 1010. The van der Waals surface area contributed by atoms with Crippen LogP contribution >= 0.6 is 0 Å². The Kier molecular flexibility index (Phi) is 7.98. The monoisotopic (exact) mass is 511 g/mol. The van der Waals surface area contributed by atoms with Crippen molar-refractivity contribution in [2.75, 3.05) is 39.9 Å². The number of ketones is 1. The van der Waals surface area contributed by atoms with Gasteiger partial charge in [-0.25, -0.2) is 0 Å². The molecule has 3 aliphatic heterocycles. The number of carbonyl (C=O) groups excluding carboxylic acids is 3. The molecule has 5 rings (SSSR count). The second-order valence-corrected chi connectivity index (χ2v) is 11.3. The van der Waals surface area contributed by atoms with Crippen LogP contribution in [-0.2, 0) is 19.1 Å². The van der Waals surface area contributed by atoms with Gasteiger partial charge in [0, 0.05) is 12.7 Å². The van der Waals surface area contributed by atoms with Gasteiger partial charge in [-0.05, 0) is 80.8 Å². The average molecular weight is 512 g/mol. The number of nitrogens with zero attached hydrogens (tertiary/aromatic N) is 2. The SMILES string of the molecule is CCCN1CCC(c2ccc(C(N)=O)c([C@@H](C(=O)N3C[C@H](OC)[C@H]4OCC(=O)[C@H]43)C3CCCC3)c2)CC1. The molecular formula is C29H41N3O5. The van der Waals surface area contributed by atoms with Crippen molar-refractivity contribution < 1.29 is 23.9 Å². The molecule has 0 aromatic heterocycles. The number of carbonyl (C=O) groups is 3. The number of benzene rings is 1. The van der Waals surface area contributed by atoms with Gasteiger partial charge in [-0.15, -0.1) is 0 Å². The van der Waals surface area contributed by atoms with Crippen molar-refractivity contribution in [3.8, 4) is 0 Å². The van der Waals surface area contributed by atoms with Crippen LogP contribution < -0.4 is 5.73 Å². The van der Waals surface area contributed by atoms with Gasteiger partial charge in [-0.3, -0.25) is 14.4 Å². The van der Waals surface area contributed by atoms with Crippen molar-refractivity contribution in [2.45, 2.75) is 82.0 Å². The molecule has 8 heteroatoms. The van der Waals surface area contributed by atoms with Gasteiger partial charge in [-0.1, -0.05) is 31.9 Å². The standard InChI is InChI=1S/C29H41N3O5/c1-3-12-31-13-10-18(11-14-31)20-8-9-21(28(30)34)22(15-20)25(19-6-4-5-7-19)29(35)32-16-24(36-2)27-26(32)23(33)17-37-27/h8-9,15,18-19,24-27H,3-7,10-14,16-17H2,1-2H3,(H2,30,34)/t24-,25-,26+,27+/m0/s1. The smallest absolute Gasteiger partial charge is 0.249 e. The molecular weight excluding hydrogens is 470 g/mol. The molecule has 0 bridgehead atoms. The fourth-order valence-electron chi connectivity index (χ4n) is 7.23. The van der Waals surface area contributed by atoms with Gasteiger partial charge < -0.3 is 25.0 Å². The molecule has 4 aliphatic rings. The summed E-state index contributed by atoms with van der Waals surface area (Å²) in [5, 5.41) is 0. The van der Waals surface area contributed by atoms with Gasteiger partial charge in [0.05, 0.1) is 12.5 Å². The summed E-state index contributed by atoms with van der Waals surface area (Å²) in [7, 11) is 1.59. The molecule has 2 amide bonds. The first-order valence-corrected chi connectivity index (χ1v) is 14.1. The number of fused-ring (bicyclic) bond motifs is 1. The first kappa shape index (κ1) is 26.3. The number of amides is 2. The van der Waals surface area contributed by atoms with Crippen LogP contribution in [0.2, 0.25) is 0 Å². The Morgan fingerprint density at radius 2 is 1.89 bits per heavy atom. The van der Waals surface area contributed by atoms with Crippen LogP contribution in [0.25, 0.3) is 0 Å². The number of primary amides is 1. The molecule has 3 heterocycles. The summed E-state index contributed by atoms with van der Waals surface area (Å²) in [4.78, 5) is 43.9. The predicted molar refractivity (Wildman–Crippen MR) is 139 cm³/mol. The zero-order valence-corrected chi connectivity index (χ0v) is 22.2. The zero-order valence-electron chi connectivity index (χ0n) is 22.2. The minimum absolute atomic E-state index is 0.00577. The third-order valence-corrected chi connectivity index (χ3v) is 9.14. The molecule has 4 atom stereocenters. The third kappa shape index (κ3) is 5.08. The van der Waals surface area contributed by atoms with Crippen LogP contribution in [-0.4, -0.2) is 85.5 Å². The fourth-order valence-corrected chi connectivity index (χ4v) is 7.23. The molecule has 1 aromatic carbocycles. The van der Waals surface area contributed by atoms with Gasteiger partial charge in [0.1, 0.15) is 24.9 Å². The number of hydrogen-bond donors (Lipinski definition) is 1. The van der Waals surface area contributed by atoms with Gasteiger partial charge >= 0.3 is 0 Å². The number of rotatable bonds is 8. The summed E-state index contributed by atoms with van der Waals surface area (Å²) >= 11 is 0. The molecule has 0 radical (unpaired) electrons. The average Bonchev–Trinajstić information content (AvgIpc) is 3.64. The maximum absolute atomic E-state index is 14.4. The van der Waals surface area contributed by atoms with Crippen molar-refractivity contribution >= 4 is 17.6 Å². The minimum atomic E-state index is -0.621. The maximum atomic E-state index is 14.4. The Balaban J connectivity index is 1.49. The molecule has 3 saturated heterocycles. The highest BCUT2D eigenvalue weighted by Crippen LogP contribution is 2.43. The zero-order chi connectivity index (χ0) is 26.1. The second-order valence-electron chi connectivity index (χ2n) is 11.3. The Labute approximate surface area is 219 Å². The molecule has 1 aromatic rings. The lowest BCUT2D eigenvalue weighted by Crippen LogP contribution is -2.45. The van der Waals surface area contributed by atoms with Gasteiger partial charge in [0.15, 0.2) is 5.78 Å². The van der Waals surface area contributed by atoms with Crippen molar-refractivity contribution in [1.82, 2.24) is 9.80 Å². The van der Waals surface area contributed by atoms with Crippen molar-refractivity contribution in [3.05, 3.63) is 34.9 Å². The van der Waals surface area contributed by atoms with Crippen molar-refractivity contribution in [1.29, 1.82) is 0 Å². The van der Waals surface area contributed by atoms with Crippen molar-refractivity contribution in [2.24, 2.45) is 11.7 Å². The number of Topliss-reactive ketones (excluding diaryl/α,β-unsaturated/α-hetero) is 1. The highest BCUT2D eigenvalue weighted by Gasteiger charge is 2.54. The molecule has 2 N–H and O–H groups in total. The summed E-state index contributed by atoms with van der Waals surface area (Å²) in [6, 6.07) is 5.33. The van der Waals surface area contributed by atoms with Crippen LogP contribution in [0, 0.1) is 5.92 Å². The van der Waals surface area contributed by atoms with E-state index in [-0.39, 0.29) is 30.3 Å². The number of ether oxygens (including phenoxy) is 2. The first-order valence-electron chi connectivity index (χ1n) is 14.1. The number of nitrogens with two attached hydrogens (primary N) is 1. The van der Waals surface area contributed by atoms with E-state index in [1.165, 1.54) is 5.56 Å². The molecule has 0 spiro atoms. The molecule has 8 nitrogen and oxygen atoms in total.